The SMILES string of the molecule is CCc1cnc(CN(C)C(=O)C2CC3CCCC(C2)C3N)s1. The van der Waals surface area contributed by atoms with Crippen molar-refractivity contribution in [1.82, 2.24) is 9.88 Å². The molecule has 0 aromatic carbocycles. The molecule has 2 N–H and O–H groups in total. The zero-order chi connectivity index (χ0) is 15.7. The smallest absolute Gasteiger partial charge is 0.225 e. The van der Waals surface area contributed by atoms with Gasteiger partial charge in [-0.25, -0.2) is 4.98 Å². The minimum absolute atomic E-state index is 0.172. The molecule has 2 aliphatic rings. The Morgan fingerprint density at radius 1 is 1.41 bits per heavy atom. The van der Waals surface area contributed by atoms with Crippen molar-refractivity contribution in [3.05, 3.63) is 16.1 Å². The van der Waals surface area contributed by atoms with E-state index in [-0.39, 0.29) is 11.8 Å². The Hall–Kier alpha value is -0.940. The van der Waals surface area contributed by atoms with Crippen molar-refractivity contribution in [2.24, 2.45) is 23.5 Å². The Kier molecular flexibility index (Phi) is 4.83. The Labute approximate surface area is 137 Å². The molecule has 2 bridgehead atoms. The molecule has 0 saturated heterocycles. The number of carbonyl (C=O) groups excluding carboxylic acids is 1. The van der Waals surface area contributed by atoms with Crippen molar-refractivity contribution in [3.63, 3.8) is 0 Å². The van der Waals surface area contributed by atoms with E-state index in [2.05, 4.69) is 11.9 Å². The lowest BCUT2D eigenvalue weighted by Crippen LogP contribution is -2.49. The first-order valence-corrected chi connectivity index (χ1v) is 9.34. The van der Waals surface area contributed by atoms with E-state index in [0.717, 1.165) is 24.3 Å². The summed E-state index contributed by atoms with van der Waals surface area (Å²) >= 11 is 1.72. The van der Waals surface area contributed by atoms with E-state index in [1.807, 2.05) is 18.1 Å². The number of hydrogen-bond acceptors (Lipinski definition) is 4. The van der Waals surface area contributed by atoms with E-state index in [1.54, 1.807) is 11.3 Å². The second kappa shape index (κ2) is 6.67. The van der Waals surface area contributed by atoms with Gasteiger partial charge in [0.2, 0.25) is 5.91 Å². The van der Waals surface area contributed by atoms with Crippen LogP contribution in [0.15, 0.2) is 6.20 Å². The summed E-state index contributed by atoms with van der Waals surface area (Å²) in [6, 6.07) is 0.328. The van der Waals surface area contributed by atoms with Gasteiger partial charge < -0.3 is 10.6 Å². The van der Waals surface area contributed by atoms with Crippen LogP contribution in [-0.4, -0.2) is 28.9 Å². The van der Waals surface area contributed by atoms with Gasteiger partial charge in [-0.15, -0.1) is 11.3 Å². The molecule has 2 unspecified atom stereocenters. The standard InChI is InChI=1S/C17H27N3OS/c1-3-14-9-19-15(22-14)10-20(2)17(21)13-7-11-5-4-6-12(8-13)16(11)18/h9,11-13,16H,3-8,10,18H2,1-2H3. The number of nitrogens with two attached hydrogens (primary N) is 1. The topological polar surface area (TPSA) is 59.2 Å². The van der Waals surface area contributed by atoms with Crippen LogP contribution >= 0.6 is 11.3 Å². The Balaban J connectivity index is 1.61. The molecule has 2 saturated carbocycles. The first-order valence-electron chi connectivity index (χ1n) is 8.52. The number of rotatable bonds is 4. The summed E-state index contributed by atoms with van der Waals surface area (Å²) in [5.41, 5.74) is 6.33. The number of carbonyl (C=O) groups is 1. The summed E-state index contributed by atoms with van der Waals surface area (Å²) in [4.78, 5) is 20.4. The second-order valence-electron chi connectivity index (χ2n) is 6.96. The molecule has 1 aromatic heterocycles. The average molecular weight is 321 g/mol. The van der Waals surface area contributed by atoms with E-state index >= 15 is 0 Å². The van der Waals surface area contributed by atoms with E-state index < -0.39 is 0 Å². The van der Waals surface area contributed by atoms with Gasteiger partial charge in [0.05, 0.1) is 6.54 Å². The van der Waals surface area contributed by atoms with E-state index in [9.17, 15) is 4.79 Å². The maximum Gasteiger partial charge on any atom is 0.225 e. The van der Waals surface area contributed by atoms with Crippen molar-refractivity contribution < 1.29 is 4.79 Å². The summed E-state index contributed by atoms with van der Waals surface area (Å²) in [6.45, 7) is 2.78. The van der Waals surface area contributed by atoms with Gasteiger partial charge in [0.25, 0.3) is 0 Å². The average Bonchev–Trinajstić information content (AvgIpc) is 2.94. The highest BCUT2D eigenvalue weighted by atomic mass is 32.1. The number of aromatic nitrogens is 1. The molecule has 1 aromatic rings. The van der Waals surface area contributed by atoms with Crippen LogP contribution in [0.5, 0.6) is 0 Å². The third-order valence-electron chi connectivity index (χ3n) is 5.46. The Bertz CT molecular complexity index is 516. The van der Waals surface area contributed by atoms with Gasteiger partial charge in [-0.3, -0.25) is 4.79 Å². The summed E-state index contributed by atoms with van der Waals surface area (Å²) in [5, 5.41) is 1.04. The largest absolute Gasteiger partial charge is 0.339 e. The van der Waals surface area contributed by atoms with Crippen molar-refractivity contribution in [2.45, 2.75) is 58.0 Å². The second-order valence-corrected chi connectivity index (χ2v) is 8.16. The lowest BCUT2D eigenvalue weighted by molar-refractivity contribution is -0.137. The fourth-order valence-electron chi connectivity index (χ4n) is 4.17. The van der Waals surface area contributed by atoms with Gasteiger partial charge in [-0.2, -0.15) is 0 Å². The molecule has 0 spiro atoms. The number of thiazole rings is 1. The minimum Gasteiger partial charge on any atom is -0.339 e. The van der Waals surface area contributed by atoms with E-state index in [4.69, 9.17) is 5.73 Å². The number of aryl methyl sites for hydroxylation is 1. The summed E-state index contributed by atoms with van der Waals surface area (Å²) < 4.78 is 0. The van der Waals surface area contributed by atoms with Crippen molar-refractivity contribution >= 4 is 17.2 Å². The van der Waals surface area contributed by atoms with Crippen LogP contribution in [0.2, 0.25) is 0 Å². The summed E-state index contributed by atoms with van der Waals surface area (Å²) in [7, 11) is 1.92. The molecular weight excluding hydrogens is 294 g/mol. The predicted molar refractivity (Wildman–Crippen MR) is 89.5 cm³/mol. The molecule has 0 aliphatic heterocycles. The number of fused-ring (bicyclic) bond motifs is 2. The lowest BCUT2D eigenvalue weighted by Gasteiger charge is -2.44. The van der Waals surface area contributed by atoms with Crippen molar-refractivity contribution in [3.8, 4) is 0 Å². The summed E-state index contributed by atoms with van der Waals surface area (Å²) in [5.74, 6) is 1.57. The molecule has 4 nitrogen and oxygen atoms in total. The highest BCUT2D eigenvalue weighted by Gasteiger charge is 2.41. The van der Waals surface area contributed by atoms with Crippen LogP contribution in [-0.2, 0) is 17.8 Å². The first-order chi connectivity index (χ1) is 10.6. The van der Waals surface area contributed by atoms with Gasteiger partial charge >= 0.3 is 0 Å². The molecule has 3 rings (SSSR count). The highest BCUT2D eigenvalue weighted by Crippen LogP contribution is 2.42. The van der Waals surface area contributed by atoms with Crippen LogP contribution in [0.4, 0.5) is 0 Å². The fourth-order valence-corrected chi connectivity index (χ4v) is 5.08. The number of amides is 1. The maximum atomic E-state index is 12.8. The molecule has 0 radical (unpaired) electrons. The van der Waals surface area contributed by atoms with Crippen molar-refractivity contribution in [2.75, 3.05) is 7.05 Å². The molecule has 1 heterocycles. The first kappa shape index (κ1) is 15.9. The molecule has 2 atom stereocenters. The molecule has 2 fully saturated rings. The number of hydrogen-bond donors (Lipinski definition) is 1. The number of nitrogens with zero attached hydrogens (tertiary/aromatic N) is 2. The monoisotopic (exact) mass is 321 g/mol. The molecule has 1 amide bonds. The van der Waals surface area contributed by atoms with Crippen LogP contribution in [0.1, 0.15) is 48.9 Å². The van der Waals surface area contributed by atoms with Crippen molar-refractivity contribution in [1.29, 1.82) is 0 Å². The van der Waals surface area contributed by atoms with Crippen LogP contribution < -0.4 is 5.73 Å². The fraction of sp³-hybridized carbons (Fsp3) is 0.765. The zero-order valence-corrected chi connectivity index (χ0v) is 14.4. The van der Waals surface area contributed by atoms with Crippen LogP contribution in [0, 0.1) is 17.8 Å². The van der Waals surface area contributed by atoms with E-state index in [1.165, 1.54) is 24.1 Å². The van der Waals surface area contributed by atoms with Crippen LogP contribution in [0.3, 0.4) is 0 Å². The highest BCUT2D eigenvalue weighted by molar-refractivity contribution is 7.11. The molecule has 22 heavy (non-hydrogen) atoms. The molecule has 2 aliphatic carbocycles. The van der Waals surface area contributed by atoms with Gasteiger partial charge in [0.1, 0.15) is 5.01 Å². The third kappa shape index (κ3) is 3.20. The lowest BCUT2D eigenvalue weighted by atomic mass is 9.65. The predicted octanol–water partition coefficient (Wildman–Crippen LogP) is 2.82. The molecular formula is C17H27N3OS. The zero-order valence-electron chi connectivity index (χ0n) is 13.6. The normalized spacial score (nSPS) is 31.0. The summed E-state index contributed by atoms with van der Waals surface area (Å²) in [6.07, 6.45) is 8.62. The van der Waals surface area contributed by atoms with E-state index in [0.29, 0.717) is 24.4 Å². The van der Waals surface area contributed by atoms with Gasteiger partial charge in [0, 0.05) is 30.1 Å². The van der Waals surface area contributed by atoms with Gasteiger partial charge in [-0.1, -0.05) is 13.3 Å². The minimum atomic E-state index is 0.172. The van der Waals surface area contributed by atoms with Crippen LogP contribution in [0.25, 0.3) is 0 Å². The third-order valence-corrected chi connectivity index (χ3v) is 6.59. The maximum absolute atomic E-state index is 12.8. The molecule has 122 valence electrons. The van der Waals surface area contributed by atoms with Gasteiger partial charge in [-0.05, 0) is 43.9 Å². The van der Waals surface area contributed by atoms with Gasteiger partial charge in [0.15, 0.2) is 0 Å². The Morgan fingerprint density at radius 2 is 2.09 bits per heavy atom. The quantitative estimate of drug-likeness (QED) is 0.927. The Morgan fingerprint density at radius 3 is 2.68 bits per heavy atom. The molecule has 5 heteroatoms.